The highest BCUT2D eigenvalue weighted by atomic mass is 17.2. The zero-order valence-corrected chi connectivity index (χ0v) is 6.75. The van der Waals surface area contributed by atoms with Crippen LogP contribution in [0.3, 0.4) is 0 Å². The predicted octanol–water partition coefficient (Wildman–Crippen LogP) is 1.03. The van der Waals surface area contributed by atoms with Crippen molar-refractivity contribution in [1.82, 2.24) is 0 Å². The summed E-state index contributed by atoms with van der Waals surface area (Å²) < 4.78 is 0. The lowest BCUT2D eigenvalue weighted by Crippen LogP contribution is -2.43. The first-order valence-electron chi connectivity index (χ1n) is 3.80. The normalized spacial score (nSPS) is 34.7. The maximum atomic E-state index is 9.42. The molecule has 0 aromatic heterocycles. The maximum absolute atomic E-state index is 9.42. The standard InChI is InChI=1S/C8H14O3/c1-3-7(9)8(2)5-4-6-10-11-8/h3,7,9H,1,4-6H2,2H3. The minimum Gasteiger partial charge on any atom is -0.386 e. The highest BCUT2D eigenvalue weighted by molar-refractivity contribution is 4.94. The SMILES string of the molecule is C=CC(O)C1(C)CCCOO1. The third-order valence-electron chi connectivity index (χ3n) is 2.00. The number of aliphatic hydroxyl groups excluding tert-OH is 1. The molecule has 0 amide bonds. The van der Waals surface area contributed by atoms with Crippen LogP contribution in [0, 0.1) is 0 Å². The van der Waals surface area contributed by atoms with Gasteiger partial charge in [0, 0.05) is 0 Å². The van der Waals surface area contributed by atoms with Crippen LogP contribution in [0.25, 0.3) is 0 Å². The predicted molar refractivity (Wildman–Crippen MR) is 40.9 cm³/mol. The molecule has 1 N–H and O–H groups in total. The molecule has 0 aromatic carbocycles. The van der Waals surface area contributed by atoms with Gasteiger partial charge < -0.3 is 5.11 Å². The molecule has 1 aliphatic heterocycles. The Bertz CT molecular complexity index is 138. The molecule has 11 heavy (non-hydrogen) atoms. The Balaban J connectivity index is 2.55. The topological polar surface area (TPSA) is 38.7 Å². The van der Waals surface area contributed by atoms with Crippen LogP contribution in [0.2, 0.25) is 0 Å². The summed E-state index contributed by atoms with van der Waals surface area (Å²) in [6.45, 7) is 5.92. The van der Waals surface area contributed by atoms with E-state index in [1.165, 1.54) is 6.08 Å². The summed E-state index contributed by atoms with van der Waals surface area (Å²) in [5.74, 6) is 0. The Morgan fingerprint density at radius 1 is 1.73 bits per heavy atom. The second-order valence-electron chi connectivity index (χ2n) is 3.00. The smallest absolute Gasteiger partial charge is 0.130 e. The molecule has 64 valence electrons. The Labute approximate surface area is 66.5 Å². The molecule has 0 aromatic rings. The molecule has 1 saturated heterocycles. The van der Waals surface area contributed by atoms with Crippen molar-refractivity contribution in [2.45, 2.75) is 31.5 Å². The fourth-order valence-electron chi connectivity index (χ4n) is 1.15. The molecule has 0 radical (unpaired) electrons. The Morgan fingerprint density at radius 2 is 2.45 bits per heavy atom. The van der Waals surface area contributed by atoms with Gasteiger partial charge in [0.15, 0.2) is 0 Å². The van der Waals surface area contributed by atoms with Gasteiger partial charge in [-0.3, -0.25) is 0 Å². The summed E-state index contributed by atoms with van der Waals surface area (Å²) in [5.41, 5.74) is -0.597. The van der Waals surface area contributed by atoms with E-state index >= 15 is 0 Å². The molecule has 0 bridgehead atoms. The first-order chi connectivity index (χ1) is 5.19. The average molecular weight is 158 g/mol. The van der Waals surface area contributed by atoms with E-state index in [4.69, 9.17) is 9.78 Å². The zero-order valence-electron chi connectivity index (χ0n) is 6.75. The van der Waals surface area contributed by atoms with E-state index in [2.05, 4.69) is 6.58 Å². The van der Waals surface area contributed by atoms with Crippen LogP contribution in [0.15, 0.2) is 12.7 Å². The van der Waals surface area contributed by atoms with Crippen molar-refractivity contribution in [3.8, 4) is 0 Å². The monoisotopic (exact) mass is 158 g/mol. The van der Waals surface area contributed by atoms with Gasteiger partial charge in [0.2, 0.25) is 0 Å². The van der Waals surface area contributed by atoms with Crippen LogP contribution in [0.1, 0.15) is 19.8 Å². The lowest BCUT2D eigenvalue weighted by Gasteiger charge is -2.34. The Hall–Kier alpha value is -0.380. The molecular formula is C8H14O3. The highest BCUT2D eigenvalue weighted by Gasteiger charge is 2.35. The molecule has 1 fully saturated rings. The summed E-state index contributed by atoms with van der Waals surface area (Å²) in [6, 6.07) is 0. The van der Waals surface area contributed by atoms with Crippen molar-refractivity contribution in [2.75, 3.05) is 6.61 Å². The van der Waals surface area contributed by atoms with Crippen molar-refractivity contribution >= 4 is 0 Å². The second-order valence-corrected chi connectivity index (χ2v) is 3.00. The van der Waals surface area contributed by atoms with Crippen molar-refractivity contribution < 1.29 is 14.9 Å². The van der Waals surface area contributed by atoms with E-state index in [9.17, 15) is 5.11 Å². The van der Waals surface area contributed by atoms with Gasteiger partial charge in [0.05, 0.1) is 6.61 Å². The van der Waals surface area contributed by atoms with Crippen molar-refractivity contribution in [3.63, 3.8) is 0 Å². The molecule has 0 spiro atoms. The molecular weight excluding hydrogens is 144 g/mol. The second kappa shape index (κ2) is 3.34. The van der Waals surface area contributed by atoms with Crippen molar-refractivity contribution in [3.05, 3.63) is 12.7 Å². The maximum Gasteiger partial charge on any atom is 0.130 e. The van der Waals surface area contributed by atoms with Gasteiger partial charge in [0.25, 0.3) is 0 Å². The third-order valence-corrected chi connectivity index (χ3v) is 2.00. The highest BCUT2D eigenvalue weighted by Crippen LogP contribution is 2.26. The fourth-order valence-corrected chi connectivity index (χ4v) is 1.15. The first kappa shape index (κ1) is 8.71. The third kappa shape index (κ3) is 1.80. The van der Waals surface area contributed by atoms with Gasteiger partial charge >= 0.3 is 0 Å². The molecule has 1 aliphatic rings. The minimum atomic E-state index is -0.650. The quantitative estimate of drug-likeness (QED) is 0.482. The van der Waals surface area contributed by atoms with Crippen LogP contribution < -0.4 is 0 Å². The van der Waals surface area contributed by atoms with E-state index < -0.39 is 11.7 Å². The van der Waals surface area contributed by atoms with Crippen LogP contribution in [0.4, 0.5) is 0 Å². The van der Waals surface area contributed by atoms with Crippen LogP contribution in [-0.4, -0.2) is 23.4 Å². The zero-order chi connectivity index (χ0) is 8.32. The van der Waals surface area contributed by atoms with Crippen LogP contribution in [-0.2, 0) is 9.78 Å². The molecule has 2 unspecified atom stereocenters. The lowest BCUT2D eigenvalue weighted by molar-refractivity contribution is -0.391. The summed E-state index contributed by atoms with van der Waals surface area (Å²) >= 11 is 0. The van der Waals surface area contributed by atoms with Gasteiger partial charge in [-0.1, -0.05) is 6.08 Å². The summed E-state index contributed by atoms with van der Waals surface area (Å²) in [4.78, 5) is 9.80. The van der Waals surface area contributed by atoms with E-state index in [1.54, 1.807) is 0 Å². The number of rotatable bonds is 2. The molecule has 3 nitrogen and oxygen atoms in total. The van der Waals surface area contributed by atoms with E-state index in [1.807, 2.05) is 6.92 Å². The lowest BCUT2D eigenvalue weighted by atomic mass is 9.93. The number of hydrogen-bond donors (Lipinski definition) is 1. The summed E-state index contributed by atoms with van der Waals surface area (Å²) in [6.07, 6.45) is 2.54. The molecule has 3 heteroatoms. The Kier molecular flexibility index (Phi) is 2.65. The van der Waals surface area contributed by atoms with Gasteiger partial charge in [-0.15, -0.1) is 6.58 Å². The van der Waals surface area contributed by atoms with Gasteiger partial charge in [0.1, 0.15) is 11.7 Å². The fraction of sp³-hybridized carbons (Fsp3) is 0.750. The summed E-state index contributed by atoms with van der Waals surface area (Å²) in [5, 5.41) is 9.42. The molecule has 1 heterocycles. The van der Waals surface area contributed by atoms with Gasteiger partial charge in [-0.05, 0) is 19.8 Å². The molecule has 0 aliphatic carbocycles. The van der Waals surface area contributed by atoms with E-state index in [-0.39, 0.29) is 0 Å². The Morgan fingerprint density at radius 3 is 2.91 bits per heavy atom. The molecule has 1 rings (SSSR count). The van der Waals surface area contributed by atoms with Crippen LogP contribution in [0.5, 0.6) is 0 Å². The van der Waals surface area contributed by atoms with E-state index in [0.717, 1.165) is 12.8 Å². The van der Waals surface area contributed by atoms with Crippen LogP contribution >= 0.6 is 0 Å². The largest absolute Gasteiger partial charge is 0.386 e. The summed E-state index contributed by atoms with van der Waals surface area (Å²) in [7, 11) is 0. The molecule has 0 saturated carbocycles. The first-order valence-corrected chi connectivity index (χ1v) is 3.80. The van der Waals surface area contributed by atoms with E-state index in [0.29, 0.717) is 6.61 Å². The average Bonchev–Trinajstić information content (AvgIpc) is 2.04. The van der Waals surface area contributed by atoms with Crippen molar-refractivity contribution in [1.29, 1.82) is 0 Å². The number of hydrogen-bond acceptors (Lipinski definition) is 3. The minimum absolute atomic E-state index is 0.597. The van der Waals surface area contributed by atoms with Gasteiger partial charge in [-0.2, -0.15) is 0 Å². The van der Waals surface area contributed by atoms with Gasteiger partial charge in [-0.25, -0.2) is 9.78 Å². The number of aliphatic hydroxyl groups is 1. The molecule has 2 atom stereocenters. The van der Waals surface area contributed by atoms with Crippen molar-refractivity contribution in [2.24, 2.45) is 0 Å².